The molecule has 1 heterocycles. The Morgan fingerprint density at radius 1 is 1.03 bits per heavy atom. The maximum Gasteiger partial charge on any atom is 0.287 e. The van der Waals surface area contributed by atoms with E-state index in [2.05, 4.69) is 15.4 Å². The zero-order chi connectivity index (χ0) is 24.6. The van der Waals surface area contributed by atoms with Crippen LogP contribution in [-0.2, 0) is 21.3 Å². The quantitative estimate of drug-likeness (QED) is 0.295. The molecule has 10 nitrogen and oxygen atoms in total. The Balaban J connectivity index is 1.77. The predicted molar refractivity (Wildman–Crippen MR) is 127 cm³/mol. The molecule has 34 heavy (non-hydrogen) atoms. The molecule has 0 radical (unpaired) electrons. The second-order valence-electron chi connectivity index (χ2n) is 7.50. The molecule has 1 aromatic heterocycles. The predicted octanol–water partition coefficient (Wildman–Crippen LogP) is 2.24. The van der Waals surface area contributed by atoms with Gasteiger partial charge in [0.25, 0.3) is 21.5 Å². The number of hydrogen-bond donors (Lipinski definition) is 2. The van der Waals surface area contributed by atoms with Crippen LogP contribution in [0.25, 0.3) is 10.8 Å². The van der Waals surface area contributed by atoms with Gasteiger partial charge in [-0.2, -0.15) is 5.10 Å². The number of benzene rings is 2. The average molecular weight is 489 g/mol. The second kappa shape index (κ2) is 11.7. The van der Waals surface area contributed by atoms with Crippen LogP contribution in [0.4, 0.5) is 0 Å². The molecule has 0 fully saturated rings. The first-order valence-electron chi connectivity index (χ1n) is 10.9. The Kier molecular flexibility index (Phi) is 8.74. The molecule has 1 amide bonds. The van der Waals surface area contributed by atoms with E-state index in [1.165, 1.54) is 28.9 Å². The van der Waals surface area contributed by atoms with Gasteiger partial charge in [0.05, 0.1) is 16.9 Å². The van der Waals surface area contributed by atoms with Crippen molar-refractivity contribution in [1.29, 1.82) is 0 Å². The van der Waals surface area contributed by atoms with Gasteiger partial charge < -0.3 is 9.47 Å². The van der Waals surface area contributed by atoms with Crippen LogP contribution in [0, 0.1) is 0 Å². The van der Waals surface area contributed by atoms with Crippen molar-refractivity contribution in [3.05, 3.63) is 64.6 Å². The third-order valence-electron chi connectivity index (χ3n) is 5.05. The van der Waals surface area contributed by atoms with Gasteiger partial charge in [0.2, 0.25) is 0 Å². The summed E-state index contributed by atoms with van der Waals surface area (Å²) in [6, 6.07) is 12.3. The van der Waals surface area contributed by atoms with Crippen molar-refractivity contribution in [3.63, 3.8) is 0 Å². The number of aryl methyl sites for hydroxylation is 1. The lowest BCUT2D eigenvalue weighted by Crippen LogP contribution is -2.42. The summed E-state index contributed by atoms with van der Waals surface area (Å²) >= 11 is 0. The fourth-order valence-corrected chi connectivity index (χ4v) is 4.09. The van der Waals surface area contributed by atoms with E-state index >= 15 is 0 Å². The molecule has 0 saturated heterocycles. The van der Waals surface area contributed by atoms with Crippen molar-refractivity contribution in [2.24, 2.45) is 0 Å². The molecule has 0 aliphatic carbocycles. The van der Waals surface area contributed by atoms with Crippen LogP contribution in [0.3, 0.4) is 0 Å². The molecule has 182 valence electrons. The lowest BCUT2D eigenvalue weighted by atomic mass is 10.1. The highest BCUT2D eigenvalue weighted by Gasteiger charge is 2.20. The van der Waals surface area contributed by atoms with Crippen LogP contribution in [0.2, 0.25) is 0 Å². The molecular weight excluding hydrogens is 460 g/mol. The van der Waals surface area contributed by atoms with E-state index in [4.69, 9.17) is 9.47 Å². The zero-order valence-electron chi connectivity index (χ0n) is 19.1. The first-order chi connectivity index (χ1) is 16.4. The first kappa shape index (κ1) is 25.3. The number of amides is 1. The minimum atomic E-state index is -4.05. The highest BCUT2D eigenvalue weighted by Crippen LogP contribution is 2.16. The number of unbranched alkanes of at least 4 members (excludes halogenated alkanes) is 2. The number of methoxy groups -OCH3 is 1. The highest BCUT2D eigenvalue weighted by molar-refractivity contribution is 7.89. The van der Waals surface area contributed by atoms with Gasteiger partial charge in [-0.25, -0.2) is 13.1 Å². The Morgan fingerprint density at radius 3 is 2.41 bits per heavy atom. The fourth-order valence-electron chi connectivity index (χ4n) is 3.26. The van der Waals surface area contributed by atoms with Gasteiger partial charge in [0.15, 0.2) is 5.69 Å². The summed E-state index contributed by atoms with van der Waals surface area (Å²) in [7, 11) is -2.50. The molecule has 0 atom stereocenters. The summed E-state index contributed by atoms with van der Waals surface area (Å²) in [5.74, 6) is -0.287. The number of nitrogens with one attached hydrogen (secondary N) is 2. The summed E-state index contributed by atoms with van der Waals surface area (Å²) in [6.07, 6.45) is 2.62. The number of carbonyl (C=O) groups is 1. The van der Waals surface area contributed by atoms with Crippen molar-refractivity contribution >= 4 is 26.7 Å². The summed E-state index contributed by atoms with van der Waals surface area (Å²) in [6.45, 7) is 3.15. The monoisotopic (exact) mass is 488 g/mol. The average Bonchev–Trinajstić information content (AvgIpc) is 2.85. The molecule has 0 unspecified atom stereocenters. The third kappa shape index (κ3) is 6.19. The van der Waals surface area contributed by atoms with E-state index in [0.29, 0.717) is 36.3 Å². The smallest absolute Gasteiger partial charge is 0.287 e. The van der Waals surface area contributed by atoms with Gasteiger partial charge >= 0.3 is 0 Å². The van der Waals surface area contributed by atoms with Crippen molar-refractivity contribution in [1.82, 2.24) is 20.0 Å². The number of rotatable bonds is 12. The van der Waals surface area contributed by atoms with E-state index < -0.39 is 15.9 Å². The first-order valence-corrected chi connectivity index (χ1v) is 12.4. The van der Waals surface area contributed by atoms with Gasteiger partial charge in [0.1, 0.15) is 12.4 Å². The number of hydrogen-bond acceptors (Lipinski definition) is 7. The molecule has 3 rings (SSSR count). The molecule has 0 aliphatic rings. The van der Waals surface area contributed by atoms with Gasteiger partial charge in [-0.3, -0.25) is 15.0 Å². The van der Waals surface area contributed by atoms with E-state index in [1.54, 1.807) is 31.4 Å². The maximum absolute atomic E-state index is 12.9. The summed E-state index contributed by atoms with van der Waals surface area (Å²) in [4.78, 5) is 27.7. The zero-order valence-corrected chi connectivity index (χ0v) is 19.9. The minimum absolute atomic E-state index is 0.0451. The normalized spacial score (nSPS) is 11.5. The van der Waals surface area contributed by atoms with Gasteiger partial charge in [-0.1, -0.05) is 38.0 Å². The number of nitrogens with zero attached hydrogens (tertiary/aromatic N) is 2. The van der Waals surface area contributed by atoms with Crippen molar-refractivity contribution in [2.45, 2.75) is 37.6 Å². The highest BCUT2D eigenvalue weighted by atomic mass is 32.2. The van der Waals surface area contributed by atoms with E-state index in [9.17, 15) is 18.0 Å². The third-order valence-corrected chi connectivity index (χ3v) is 6.31. The van der Waals surface area contributed by atoms with Crippen LogP contribution in [-0.4, -0.2) is 44.4 Å². The van der Waals surface area contributed by atoms with Crippen LogP contribution >= 0.6 is 0 Å². The molecular formula is C23H28N4O6S. The summed E-state index contributed by atoms with van der Waals surface area (Å²) < 4.78 is 36.8. The molecule has 3 aromatic rings. The number of aromatic nitrogens is 2. The van der Waals surface area contributed by atoms with E-state index in [-0.39, 0.29) is 16.1 Å². The maximum atomic E-state index is 12.9. The molecule has 11 heteroatoms. The number of ether oxygens (including phenoxy) is 2. The lowest BCUT2D eigenvalue weighted by Gasteiger charge is -2.12. The van der Waals surface area contributed by atoms with Gasteiger partial charge in [-0.05, 0) is 36.8 Å². The number of hydrazine groups is 1. The van der Waals surface area contributed by atoms with Crippen LogP contribution in [0.5, 0.6) is 5.75 Å². The number of sulfonamides is 1. The summed E-state index contributed by atoms with van der Waals surface area (Å²) in [5, 5.41) is 4.90. The Bertz CT molecular complexity index is 1290. The second-order valence-corrected chi connectivity index (χ2v) is 9.18. The lowest BCUT2D eigenvalue weighted by molar-refractivity contribution is 0.0939. The van der Waals surface area contributed by atoms with Crippen LogP contribution < -0.4 is 20.6 Å². The van der Waals surface area contributed by atoms with Gasteiger partial charge in [-0.15, -0.1) is 4.83 Å². The molecule has 0 bridgehead atoms. The fraction of sp³-hybridized carbons (Fsp3) is 0.348. The Hall–Kier alpha value is -3.28. The molecule has 2 N–H and O–H groups in total. The molecule has 2 aromatic carbocycles. The Labute approximate surface area is 197 Å². The van der Waals surface area contributed by atoms with Crippen molar-refractivity contribution in [3.8, 4) is 5.75 Å². The van der Waals surface area contributed by atoms with E-state index in [1.807, 2.05) is 6.92 Å². The van der Waals surface area contributed by atoms with Gasteiger partial charge in [0, 0.05) is 19.0 Å². The minimum Gasteiger partial charge on any atom is -0.491 e. The molecule has 0 spiro atoms. The van der Waals surface area contributed by atoms with Crippen LogP contribution in [0.1, 0.15) is 36.7 Å². The van der Waals surface area contributed by atoms with E-state index in [0.717, 1.165) is 19.3 Å². The Morgan fingerprint density at radius 2 is 1.74 bits per heavy atom. The summed E-state index contributed by atoms with van der Waals surface area (Å²) in [5.41, 5.74) is 1.86. The van der Waals surface area contributed by atoms with Crippen LogP contribution in [0.15, 0.2) is 58.2 Å². The standard InChI is InChI=1S/C23H28N4O6S/c1-3-4-7-14-27-23(29)20-9-6-5-8-19(20)21(25-27)22(28)24-26-34(30,31)18-12-10-17(11-13-18)33-16-15-32-2/h5-6,8-13,26H,3-4,7,14-16H2,1-2H3,(H,24,28). The SMILES string of the molecule is CCCCCn1nc(C(=O)NNS(=O)(=O)c2ccc(OCCOC)cc2)c2ccccc2c1=O. The topological polar surface area (TPSA) is 129 Å². The molecule has 0 aliphatic heterocycles. The largest absolute Gasteiger partial charge is 0.491 e. The number of carbonyl (C=O) groups excluding carboxylic acids is 1. The van der Waals surface area contributed by atoms with Crippen molar-refractivity contribution < 1.29 is 22.7 Å². The number of fused-ring (bicyclic) bond motifs is 1. The molecule has 0 saturated carbocycles. The van der Waals surface area contributed by atoms with Crippen molar-refractivity contribution in [2.75, 3.05) is 20.3 Å².